The van der Waals surface area contributed by atoms with E-state index in [4.69, 9.17) is 31.7 Å². The number of rotatable bonds is 18. The maximum Gasteiger partial charge on any atom is 0.415 e. The molecule has 0 radical (unpaired) electrons. The zero-order chi connectivity index (χ0) is 48.3. The molecule has 0 spiro atoms. The number of nitrogens with one attached hydrogen (secondary N) is 3. The number of amides is 4. The van der Waals surface area contributed by atoms with Gasteiger partial charge in [-0.25, -0.2) is 9.97 Å². The summed E-state index contributed by atoms with van der Waals surface area (Å²) in [6.45, 7) is 8.71. The summed E-state index contributed by atoms with van der Waals surface area (Å²) in [5, 5.41) is 17.8. The van der Waals surface area contributed by atoms with Gasteiger partial charge in [0, 0.05) is 63.5 Å². The molecule has 6 aromatic rings. The SMILES string of the molecule is CCn1nc(C)cc1C(=O)Nc1nc2cc(C(N)=O)cc(NCCCN3CCOC(C(F)(F)F)C3)c2n1C/C=C/Cn1c(NC(=O)c2c(N)c(C)nn2CC)nc2cc(C(N)=O)cc(OC)c21. The summed E-state index contributed by atoms with van der Waals surface area (Å²) in [5.74, 6) is -2.06. The van der Waals surface area contributed by atoms with Gasteiger partial charge in [0.25, 0.3) is 11.8 Å². The lowest BCUT2D eigenvalue weighted by Crippen LogP contribution is -2.49. The topological polar surface area (TPSA) is 275 Å². The highest BCUT2D eigenvalue weighted by molar-refractivity contribution is 6.08. The van der Waals surface area contributed by atoms with Crippen LogP contribution in [0.15, 0.2) is 42.5 Å². The molecule has 0 bridgehead atoms. The van der Waals surface area contributed by atoms with E-state index < -0.39 is 35.9 Å². The highest BCUT2D eigenvalue weighted by atomic mass is 19.4. The van der Waals surface area contributed by atoms with Crippen molar-refractivity contribution in [2.24, 2.45) is 11.5 Å². The predicted molar refractivity (Wildman–Crippen MR) is 243 cm³/mol. The predicted octanol–water partition coefficient (Wildman–Crippen LogP) is 4.05. The number of aromatic nitrogens is 8. The van der Waals surface area contributed by atoms with Crippen LogP contribution in [-0.4, -0.2) is 119 Å². The van der Waals surface area contributed by atoms with Crippen LogP contribution in [0.1, 0.15) is 73.3 Å². The smallest absolute Gasteiger partial charge is 0.415 e. The number of carbonyl (C=O) groups is 4. The average Bonchev–Trinajstić information content (AvgIpc) is 4.03. The lowest BCUT2D eigenvalue weighted by Gasteiger charge is -2.33. The average molecular weight is 932 g/mol. The Labute approximate surface area is 381 Å². The second kappa shape index (κ2) is 19.6. The third-order valence-corrected chi connectivity index (χ3v) is 11.2. The van der Waals surface area contributed by atoms with Crippen molar-refractivity contribution in [3.8, 4) is 5.75 Å². The molecule has 24 heteroatoms. The summed E-state index contributed by atoms with van der Waals surface area (Å²) in [6.07, 6.45) is -2.35. The third-order valence-electron chi connectivity index (χ3n) is 11.2. The van der Waals surface area contributed by atoms with Crippen LogP contribution in [0.3, 0.4) is 0 Å². The fourth-order valence-electron chi connectivity index (χ4n) is 7.97. The maximum absolute atomic E-state index is 13.9. The fourth-order valence-corrected chi connectivity index (χ4v) is 7.97. The summed E-state index contributed by atoms with van der Waals surface area (Å²) >= 11 is 0. The summed E-state index contributed by atoms with van der Waals surface area (Å²) < 4.78 is 57.3. The van der Waals surface area contributed by atoms with Crippen LogP contribution in [-0.2, 0) is 30.9 Å². The van der Waals surface area contributed by atoms with Crippen LogP contribution in [0, 0.1) is 13.8 Å². The number of benzene rings is 2. The Morgan fingerprint density at radius 2 is 1.48 bits per heavy atom. The number of nitrogen functional groups attached to an aromatic ring is 1. The lowest BCUT2D eigenvalue weighted by atomic mass is 10.1. The van der Waals surface area contributed by atoms with E-state index in [1.165, 1.54) is 30.0 Å². The number of aryl methyl sites for hydroxylation is 4. The lowest BCUT2D eigenvalue weighted by molar-refractivity contribution is -0.237. The molecule has 21 nitrogen and oxygen atoms in total. The number of anilines is 4. The Kier molecular flexibility index (Phi) is 13.9. The number of nitrogens with two attached hydrogens (primary N) is 3. The Balaban J connectivity index is 1.24. The molecule has 2 aromatic carbocycles. The number of carbonyl (C=O) groups excluding carboxylic acids is 4. The molecule has 7 rings (SSSR count). The van der Waals surface area contributed by atoms with Crippen molar-refractivity contribution in [2.45, 2.75) is 72.6 Å². The first-order valence-electron chi connectivity index (χ1n) is 21.4. The number of fused-ring (bicyclic) bond motifs is 2. The van der Waals surface area contributed by atoms with Crippen LogP contribution in [0.4, 0.5) is 36.4 Å². The summed E-state index contributed by atoms with van der Waals surface area (Å²) in [4.78, 5) is 63.6. The molecule has 1 unspecified atom stereocenters. The van der Waals surface area contributed by atoms with Gasteiger partial charge >= 0.3 is 6.18 Å². The number of nitrogens with zero attached hydrogens (tertiary/aromatic N) is 9. The number of halogens is 3. The van der Waals surface area contributed by atoms with E-state index in [0.29, 0.717) is 71.7 Å². The number of primary amides is 2. The molecule has 356 valence electrons. The molecule has 0 aliphatic carbocycles. The number of methoxy groups -OCH3 is 1. The van der Waals surface area contributed by atoms with Gasteiger partial charge in [0.05, 0.1) is 53.0 Å². The van der Waals surface area contributed by atoms with Gasteiger partial charge in [-0.1, -0.05) is 12.2 Å². The fraction of sp³-hybridized carbons (Fsp3) is 0.395. The van der Waals surface area contributed by atoms with E-state index in [2.05, 4.69) is 31.1 Å². The molecule has 67 heavy (non-hydrogen) atoms. The first kappa shape index (κ1) is 47.5. The van der Waals surface area contributed by atoms with E-state index >= 15 is 0 Å². The Morgan fingerprint density at radius 3 is 2.09 bits per heavy atom. The number of alkyl halides is 3. The normalized spacial score (nSPS) is 14.6. The Morgan fingerprint density at radius 1 is 0.866 bits per heavy atom. The number of imidazole rings is 2. The van der Waals surface area contributed by atoms with Crippen LogP contribution < -0.4 is 37.9 Å². The molecular weight excluding hydrogens is 880 g/mol. The van der Waals surface area contributed by atoms with E-state index in [1.54, 1.807) is 56.8 Å². The molecule has 1 saturated heterocycles. The minimum atomic E-state index is -4.48. The highest BCUT2D eigenvalue weighted by Gasteiger charge is 2.43. The Hall–Kier alpha value is -7.47. The zero-order valence-corrected chi connectivity index (χ0v) is 37.5. The second-order valence-corrected chi connectivity index (χ2v) is 15.8. The van der Waals surface area contributed by atoms with E-state index in [9.17, 15) is 32.3 Å². The summed E-state index contributed by atoms with van der Waals surface area (Å²) in [7, 11) is 1.42. The molecule has 4 aromatic heterocycles. The third kappa shape index (κ3) is 10.0. The van der Waals surface area contributed by atoms with E-state index in [1.807, 2.05) is 13.8 Å². The van der Waals surface area contributed by atoms with Crippen molar-refractivity contribution in [3.05, 3.63) is 76.4 Å². The summed E-state index contributed by atoms with van der Waals surface area (Å²) in [6, 6.07) is 7.66. The molecule has 0 saturated carbocycles. The van der Waals surface area contributed by atoms with Crippen molar-refractivity contribution >= 4 is 69.0 Å². The van der Waals surface area contributed by atoms with Gasteiger partial charge in [-0.3, -0.25) is 44.1 Å². The largest absolute Gasteiger partial charge is 0.494 e. The van der Waals surface area contributed by atoms with Crippen molar-refractivity contribution in [2.75, 3.05) is 61.6 Å². The van der Waals surface area contributed by atoms with Crippen LogP contribution in [0.2, 0.25) is 0 Å². The van der Waals surface area contributed by atoms with Gasteiger partial charge in [-0.15, -0.1) is 0 Å². The maximum atomic E-state index is 13.9. The molecule has 1 aliphatic heterocycles. The second-order valence-electron chi connectivity index (χ2n) is 15.8. The van der Waals surface area contributed by atoms with Gasteiger partial charge in [-0.05, 0) is 64.4 Å². The van der Waals surface area contributed by atoms with Crippen LogP contribution >= 0.6 is 0 Å². The molecule has 5 heterocycles. The van der Waals surface area contributed by atoms with Gasteiger partial charge in [-0.2, -0.15) is 23.4 Å². The van der Waals surface area contributed by atoms with E-state index in [0.717, 1.165) is 0 Å². The van der Waals surface area contributed by atoms with Crippen molar-refractivity contribution in [3.63, 3.8) is 0 Å². The van der Waals surface area contributed by atoms with Gasteiger partial charge in [0.15, 0.2) is 6.10 Å². The molecule has 9 N–H and O–H groups in total. The molecule has 1 aliphatic rings. The number of ether oxygens (including phenoxy) is 2. The standard InChI is InChI=1S/C43H52F3N15O6/c1-6-60-30(17-23(3)55-60)39(64)53-41-51-28-19-25(37(48)62)18-27(50-11-10-12-57-15-16-67-32(22-57)43(44,45)46)34(28)58(41)13-8-9-14-59-35-29(20-26(38(49)63)21-31(35)66-5)52-42(59)54-40(65)36-33(47)24(4)56-61(36)7-2/h8-9,17-21,32,50H,6-7,10-16,22,47H2,1-5H3,(H2,48,62)(H2,49,63)(H,51,53,64)(H,52,54,65)/b9-8+. The first-order chi connectivity index (χ1) is 31.9. The minimum absolute atomic E-state index is 0.0459. The number of morpholine rings is 1. The zero-order valence-electron chi connectivity index (χ0n) is 37.5. The monoisotopic (exact) mass is 931 g/mol. The van der Waals surface area contributed by atoms with Gasteiger partial charge in [0.2, 0.25) is 23.7 Å². The number of allylic oxidation sites excluding steroid dienone is 2. The minimum Gasteiger partial charge on any atom is -0.494 e. The van der Waals surface area contributed by atoms with Crippen molar-refractivity contribution < 1.29 is 41.8 Å². The van der Waals surface area contributed by atoms with Crippen LogP contribution in [0.25, 0.3) is 22.1 Å². The van der Waals surface area contributed by atoms with Crippen molar-refractivity contribution in [1.82, 2.24) is 43.6 Å². The number of hydrogen-bond donors (Lipinski definition) is 6. The molecule has 4 amide bonds. The summed E-state index contributed by atoms with van der Waals surface area (Å²) in [5.41, 5.74) is 21.6. The van der Waals surface area contributed by atoms with Gasteiger partial charge < -0.3 is 41.1 Å². The number of hydrogen-bond acceptors (Lipinski definition) is 13. The van der Waals surface area contributed by atoms with Gasteiger partial charge in [0.1, 0.15) is 22.7 Å². The first-order valence-corrected chi connectivity index (χ1v) is 21.4. The quantitative estimate of drug-likeness (QED) is 0.0525. The molecule has 1 atom stereocenters. The molecule has 1 fully saturated rings. The van der Waals surface area contributed by atoms with E-state index in [-0.39, 0.29) is 78.6 Å². The van der Waals surface area contributed by atoms with Crippen molar-refractivity contribution in [1.29, 1.82) is 0 Å². The Bertz CT molecular complexity index is 2890. The highest BCUT2D eigenvalue weighted by Crippen LogP contribution is 2.33. The molecular formula is C43H52F3N15O6. The van der Waals surface area contributed by atoms with Crippen LogP contribution in [0.5, 0.6) is 5.75 Å².